The molecule has 8 heteroatoms. The van der Waals surface area contributed by atoms with Crippen LogP contribution in [0.1, 0.15) is 23.4 Å². The number of hydrogen-bond acceptors (Lipinski definition) is 5. The van der Waals surface area contributed by atoms with Crippen LogP contribution in [0.3, 0.4) is 0 Å². The van der Waals surface area contributed by atoms with Crippen molar-refractivity contribution in [1.29, 1.82) is 0 Å². The van der Waals surface area contributed by atoms with Crippen LogP contribution in [-0.4, -0.2) is 55.2 Å². The minimum atomic E-state index is -3.52. The summed E-state index contributed by atoms with van der Waals surface area (Å²) in [4.78, 5) is 19.8. The van der Waals surface area contributed by atoms with E-state index in [-0.39, 0.29) is 18.4 Å². The van der Waals surface area contributed by atoms with Crippen LogP contribution >= 0.6 is 11.3 Å². The maximum atomic E-state index is 12.9. The summed E-state index contributed by atoms with van der Waals surface area (Å²) in [6.45, 7) is 3.19. The van der Waals surface area contributed by atoms with E-state index in [1.807, 2.05) is 31.2 Å². The Hall–Kier alpha value is -1.77. The monoisotopic (exact) mass is 407 g/mol. The van der Waals surface area contributed by atoms with Gasteiger partial charge in [0.1, 0.15) is 4.21 Å². The van der Waals surface area contributed by atoms with Gasteiger partial charge in [-0.3, -0.25) is 9.78 Å². The lowest BCUT2D eigenvalue weighted by Gasteiger charge is -2.33. The van der Waals surface area contributed by atoms with Crippen molar-refractivity contribution in [3.05, 3.63) is 47.1 Å². The molecule has 0 N–H and O–H groups in total. The molecule has 1 fully saturated rings. The van der Waals surface area contributed by atoms with E-state index >= 15 is 0 Å². The van der Waals surface area contributed by atoms with E-state index in [1.54, 1.807) is 24.2 Å². The van der Waals surface area contributed by atoms with E-state index in [9.17, 15) is 13.2 Å². The van der Waals surface area contributed by atoms with Crippen LogP contribution in [0.15, 0.2) is 40.7 Å². The highest BCUT2D eigenvalue weighted by Gasteiger charge is 2.34. The average Bonchev–Trinajstić information content (AvgIpc) is 3.13. The third-order valence-electron chi connectivity index (χ3n) is 4.85. The molecular weight excluding hydrogens is 382 g/mol. The zero-order valence-electron chi connectivity index (χ0n) is 15.7. The second-order valence-electron chi connectivity index (χ2n) is 6.90. The molecule has 0 saturated carbocycles. The minimum Gasteiger partial charge on any atom is -0.345 e. The molecule has 1 aliphatic rings. The van der Waals surface area contributed by atoms with Crippen molar-refractivity contribution in [2.45, 2.75) is 30.4 Å². The lowest BCUT2D eigenvalue weighted by Crippen LogP contribution is -2.46. The van der Waals surface area contributed by atoms with Crippen molar-refractivity contribution < 1.29 is 13.2 Å². The van der Waals surface area contributed by atoms with E-state index in [4.69, 9.17) is 0 Å². The first-order valence-corrected chi connectivity index (χ1v) is 11.3. The molecule has 1 amide bonds. The quantitative estimate of drug-likeness (QED) is 0.738. The molecule has 0 aliphatic carbocycles. The third kappa shape index (κ3) is 4.75. The summed E-state index contributed by atoms with van der Waals surface area (Å²) in [6.07, 6.45) is 3.86. The smallest absolute Gasteiger partial charge is 0.252 e. The van der Waals surface area contributed by atoms with Gasteiger partial charge in [-0.15, -0.1) is 11.3 Å². The summed E-state index contributed by atoms with van der Waals surface area (Å²) in [5, 5.41) is 0. The Morgan fingerprint density at radius 3 is 2.81 bits per heavy atom. The molecule has 1 saturated heterocycles. The molecule has 0 spiro atoms. The number of nitrogens with zero attached hydrogens (tertiary/aromatic N) is 3. The highest BCUT2D eigenvalue weighted by Crippen LogP contribution is 2.28. The molecule has 3 rings (SSSR count). The van der Waals surface area contributed by atoms with E-state index < -0.39 is 10.0 Å². The average molecular weight is 408 g/mol. The summed E-state index contributed by atoms with van der Waals surface area (Å²) in [5.41, 5.74) is 0.943. The molecule has 0 aromatic carbocycles. The number of pyridine rings is 1. The summed E-state index contributed by atoms with van der Waals surface area (Å²) >= 11 is 1.28. The largest absolute Gasteiger partial charge is 0.345 e. The summed E-state index contributed by atoms with van der Waals surface area (Å²) in [5.74, 6) is -0.281. The molecule has 1 aliphatic heterocycles. The number of thiophene rings is 1. The second kappa shape index (κ2) is 8.50. The van der Waals surface area contributed by atoms with Crippen LogP contribution in [0.5, 0.6) is 0 Å². The number of aromatic nitrogens is 1. The van der Waals surface area contributed by atoms with Crippen molar-refractivity contribution in [2.24, 2.45) is 5.92 Å². The number of likely N-dealkylation sites (N-methyl/N-ethyl adjacent to an activating group) is 1. The summed E-state index contributed by atoms with van der Waals surface area (Å²) in [7, 11) is -1.74. The van der Waals surface area contributed by atoms with Gasteiger partial charge in [0, 0.05) is 49.9 Å². The van der Waals surface area contributed by atoms with Crippen LogP contribution in [-0.2, 0) is 21.2 Å². The molecule has 6 nitrogen and oxygen atoms in total. The molecule has 1 atom stereocenters. The summed E-state index contributed by atoms with van der Waals surface area (Å²) < 4.78 is 27.5. The fourth-order valence-corrected chi connectivity index (χ4v) is 6.25. The van der Waals surface area contributed by atoms with E-state index in [0.29, 0.717) is 30.1 Å². The highest BCUT2D eigenvalue weighted by molar-refractivity contribution is 7.91. The Labute approximate surface area is 164 Å². The third-order valence-corrected chi connectivity index (χ3v) is 8.18. The van der Waals surface area contributed by atoms with Crippen molar-refractivity contribution in [1.82, 2.24) is 14.2 Å². The van der Waals surface area contributed by atoms with Gasteiger partial charge < -0.3 is 4.90 Å². The predicted molar refractivity (Wildman–Crippen MR) is 106 cm³/mol. The number of amides is 1. The Morgan fingerprint density at radius 1 is 1.33 bits per heavy atom. The minimum absolute atomic E-state index is 0.00758. The number of rotatable bonds is 6. The van der Waals surface area contributed by atoms with Crippen molar-refractivity contribution >= 4 is 27.3 Å². The fraction of sp³-hybridized carbons (Fsp3) is 0.474. The van der Waals surface area contributed by atoms with Gasteiger partial charge >= 0.3 is 0 Å². The molecule has 2 aromatic heterocycles. The Bertz CT molecular complexity index is 881. The maximum Gasteiger partial charge on any atom is 0.252 e. The van der Waals surface area contributed by atoms with Gasteiger partial charge in [-0.2, -0.15) is 4.31 Å². The van der Waals surface area contributed by atoms with Crippen molar-refractivity contribution in [3.8, 4) is 0 Å². The Balaban J connectivity index is 1.62. The lowest BCUT2D eigenvalue weighted by atomic mass is 9.98. The Kier molecular flexibility index (Phi) is 6.29. The SMILES string of the molecule is Cc1ccc(S(=O)(=O)N2CCCC(C(=O)N(C)CCc3ccccn3)C2)s1. The number of carbonyl (C=O) groups is 1. The molecule has 2 aromatic rings. The lowest BCUT2D eigenvalue weighted by molar-refractivity contribution is -0.135. The molecule has 0 radical (unpaired) electrons. The number of aryl methyl sites for hydroxylation is 1. The van der Waals surface area contributed by atoms with Gasteiger partial charge in [0.05, 0.1) is 5.92 Å². The van der Waals surface area contributed by atoms with Crippen LogP contribution in [0.25, 0.3) is 0 Å². The zero-order chi connectivity index (χ0) is 19.4. The van der Waals surface area contributed by atoms with Crippen LogP contribution in [0, 0.1) is 12.8 Å². The van der Waals surface area contributed by atoms with E-state index in [1.165, 1.54) is 15.6 Å². The molecule has 3 heterocycles. The summed E-state index contributed by atoms with van der Waals surface area (Å²) in [6, 6.07) is 9.20. The van der Waals surface area contributed by atoms with Gasteiger partial charge in [-0.1, -0.05) is 6.07 Å². The maximum absolute atomic E-state index is 12.9. The zero-order valence-corrected chi connectivity index (χ0v) is 17.3. The second-order valence-corrected chi connectivity index (χ2v) is 10.4. The van der Waals surface area contributed by atoms with Crippen LogP contribution in [0.4, 0.5) is 0 Å². The van der Waals surface area contributed by atoms with Gasteiger partial charge in [-0.05, 0) is 44.0 Å². The number of sulfonamides is 1. The molecule has 146 valence electrons. The first-order valence-electron chi connectivity index (χ1n) is 9.09. The van der Waals surface area contributed by atoms with Crippen LogP contribution in [0.2, 0.25) is 0 Å². The standard InChI is InChI=1S/C19H25N3O3S2/c1-15-8-9-18(26-15)27(24,25)22-12-5-6-16(14-22)19(23)21(2)13-10-17-7-3-4-11-20-17/h3-4,7-9,11,16H,5-6,10,12-14H2,1-2H3. The molecule has 0 bridgehead atoms. The van der Waals surface area contributed by atoms with E-state index in [0.717, 1.165) is 17.0 Å². The number of hydrogen-bond donors (Lipinski definition) is 0. The number of carbonyl (C=O) groups excluding carboxylic acids is 1. The topological polar surface area (TPSA) is 70.6 Å². The van der Waals surface area contributed by atoms with Crippen molar-refractivity contribution in [2.75, 3.05) is 26.7 Å². The Morgan fingerprint density at radius 2 is 2.15 bits per heavy atom. The van der Waals surface area contributed by atoms with E-state index in [2.05, 4.69) is 4.98 Å². The van der Waals surface area contributed by atoms with Gasteiger partial charge in [0.25, 0.3) is 10.0 Å². The van der Waals surface area contributed by atoms with Crippen LogP contribution < -0.4 is 0 Å². The first kappa shape index (κ1) is 20.0. The molecular formula is C19H25N3O3S2. The normalized spacial score (nSPS) is 18.4. The molecule has 27 heavy (non-hydrogen) atoms. The van der Waals surface area contributed by atoms with Gasteiger partial charge in [0.15, 0.2) is 0 Å². The fourth-order valence-electron chi connectivity index (χ4n) is 3.29. The van der Waals surface area contributed by atoms with Gasteiger partial charge in [-0.25, -0.2) is 8.42 Å². The predicted octanol–water partition coefficient (Wildman–Crippen LogP) is 2.55. The molecule has 1 unspecified atom stereocenters. The van der Waals surface area contributed by atoms with Gasteiger partial charge in [0.2, 0.25) is 5.91 Å². The number of piperidine rings is 1. The van der Waals surface area contributed by atoms with Crippen molar-refractivity contribution in [3.63, 3.8) is 0 Å². The first-order chi connectivity index (χ1) is 12.9. The highest BCUT2D eigenvalue weighted by atomic mass is 32.2.